The van der Waals surface area contributed by atoms with Gasteiger partial charge in [-0.1, -0.05) is 25.7 Å². The van der Waals surface area contributed by atoms with Crippen molar-refractivity contribution in [2.45, 2.75) is 81.2 Å². The van der Waals surface area contributed by atoms with Crippen molar-refractivity contribution < 1.29 is 32.6 Å². The third-order valence-electron chi connectivity index (χ3n) is 6.29. The second-order valence-corrected chi connectivity index (χ2v) is 10.4. The molecule has 148 valence electrons. The lowest BCUT2D eigenvalue weighted by Crippen LogP contribution is -2.47. The van der Waals surface area contributed by atoms with Crippen LogP contribution in [0, 0.1) is 0 Å². The van der Waals surface area contributed by atoms with Gasteiger partial charge in [-0.25, -0.2) is 18.0 Å². The Hall–Kier alpha value is -1.83. The lowest BCUT2D eigenvalue weighted by Gasteiger charge is -2.38. The van der Waals surface area contributed by atoms with Gasteiger partial charge in [-0.05, 0) is 31.8 Å². The average molecular weight is 396 g/mol. The van der Waals surface area contributed by atoms with Gasteiger partial charge in [0.05, 0.1) is 4.75 Å². The molecule has 0 bridgehead atoms. The van der Waals surface area contributed by atoms with Gasteiger partial charge in [0.1, 0.15) is 16.2 Å². The van der Waals surface area contributed by atoms with Crippen LogP contribution in [0.5, 0.6) is 0 Å². The number of hydrogen-bond donors (Lipinski definition) is 1. The van der Waals surface area contributed by atoms with E-state index in [0.717, 1.165) is 44.6 Å². The van der Waals surface area contributed by atoms with Crippen molar-refractivity contribution >= 4 is 21.8 Å². The summed E-state index contributed by atoms with van der Waals surface area (Å²) in [4.78, 5) is 24.6. The van der Waals surface area contributed by atoms with Crippen molar-refractivity contribution in [1.82, 2.24) is 0 Å². The molecule has 7 nitrogen and oxygen atoms in total. The normalized spacial score (nSPS) is 29.0. The highest BCUT2D eigenvalue weighted by atomic mass is 32.2. The second kappa shape index (κ2) is 6.36. The zero-order valence-corrected chi connectivity index (χ0v) is 16.0. The molecule has 2 saturated carbocycles. The highest BCUT2D eigenvalue weighted by Crippen LogP contribution is 2.49. The molecule has 0 aromatic carbocycles. The zero-order chi connectivity index (χ0) is 19.3. The van der Waals surface area contributed by atoms with Crippen LogP contribution in [0.1, 0.15) is 70.6 Å². The van der Waals surface area contributed by atoms with Crippen LogP contribution in [0.4, 0.5) is 0 Å². The van der Waals surface area contributed by atoms with Crippen LogP contribution in [-0.4, -0.2) is 36.0 Å². The molecule has 2 aliphatic heterocycles. The van der Waals surface area contributed by atoms with Crippen molar-refractivity contribution in [3.8, 4) is 0 Å². The van der Waals surface area contributed by atoms with Gasteiger partial charge in [-0.2, -0.15) is 0 Å². The molecule has 8 heteroatoms. The first kappa shape index (κ1) is 18.5. The summed E-state index contributed by atoms with van der Waals surface area (Å²) in [6.07, 6.45) is 7.94. The van der Waals surface area contributed by atoms with Gasteiger partial charge in [-0.3, -0.25) is 0 Å². The van der Waals surface area contributed by atoms with Gasteiger partial charge < -0.3 is 14.6 Å². The zero-order valence-electron chi connectivity index (χ0n) is 15.2. The predicted molar refractivity (Wildman–Crippen MR) is 95.1 cm³/mol. The largest absolute Gasteiger partial charge is 0.511 e. The Morgan fingerprint density at radius 1 is 0.852 bits per heavy atom. The standard InChI is InChI=1S/C19H24O7S/c20-14-12-18(7-3-1-4-8-18)27(23,24)15(14)11-13-16(21)25-19(26-17(13)22)9-5-2-6-10-19/h11,20H,1-10,12H2. The maximum absolute atomic E-state index is 13.1. The molecule has 0 amide bonds. The Kier molecular flexibility index (Phi) is 4.36. The van der Waals surface area contributed by atoms with Gasteiger partial charge in [0.15, 0.2) is 9.84 Å². The molecule has 4 aliphatic rings. The Balaban J connectivity index is 1.64. The smallest absolute Gasteiger partial charge is 0.348 e. The average Bonchev–Trinajstić information content (AvgIpc) is 2.78. The highest BCUT2D eigenvalue weighted by Gasteiger charge is 2.53. The molecule has 2 aliphatic carbocycles. The van der Waals surface area contributed by atoms with Gasteiger partial charge in [-0.15, -0.1) is 0 Å². The first-order valence-electron chi connectivity index (χ1n) is 9.64. The van der Waals surface area contributed by atoms with E-state index in [1.54, 1.807) is 0 Å². The van der Waals surface area contributed by atoms with E-state index in [1.807, 2.05) is 0 Å². The molecular formula is C19H24O7S. The van der Waals surface area contributed by atoms with Crippen molar-refractivity contribution in [2.24, 2.45) is 0 Å². The molecule has 0 radical (unpaired) electrons. The number of aliphatic hydroxyl groups excluding tert-OH is 1. The van der Waals surface area contributed by atoms with Crippen LogP contribution in [-0.2, 0) is 28.9 Å². The van der Waals surface area contributed by atoms with E-state index in [2.05, 4.69) is 0 Å². The molecule has 3 fully saturated rings. The Bertz CT molecular complexity index is 815. The molecule has 2 spiro atoms. The lowest BCUT2D eigenvalue weighted by atomic mass is 9.85. The first-order valence-corrected chi connectivity index (χ1v) is 11.1. The number of carbonyl (C=O) groups is 2. The fraction of sp³-hybridized carbons (Fsp3) is 0.684. The molecule has 4 rings (SSSR count). The third-order valence-corrected chi connectivity index (χ3v) is 8.91. The summed E-state index contributed by atoms with van der Waals surface area (Å²) >= 11 is 0. The minimum Gasteiger partial charge on any atom is -0.511 e. The minimum atomic E-state index is -3.84. The topological polar surface area (TPSA) is 107 Å². The number of ether oxygens (including phenoxy) is 2. The number of allylic oxidation sites excluding steroid dienone is 2. The first-order chi connectivity index (χ1) is 12.8. The van der Waals surface area contributed by atoms with Crippen molar-refractivity contribution in [3.05, 3.63) is 22.3 Å². The molecular weight excluding hydrogens is 372 g/mol. The Morgan fingerprint density at radius 2 is 1.37 bits per heavy atom. The lowest BCUT2D eigenvalue weighted by molar-refractivity contribution is -0.244. The maximum Gasteiger partial charge on any atom is 0.348 e. The molecule has 1 saturated heterocycles. The van der Waals surface area contributed by atoms with E-state index in [-0.39, 0.29) is 17.1 Å². The number of carbonyl (C=O) groups excluding carboxylic acids is 2. The second-order valence-electron chi connectivity index (χ2n) is 8.04. The number of aliphatic hydroxyl groups is 1. The Labute approximate surface area is 158 Å². The van der Waals surface area contributed by atoms with E-state index in [9.17, 15) is 23.1 Å². The summed E-state index contributed by atoms with van der Waals surface area (Å²) in [6, 6.07) is 0. The van der Waals surface area contributed by atoms with Gasteiger partial charge >= 0.3 is 11.9 Å². The van der Waals surface area contributed by atoms with Gasteiger partial charge in [0.2, 0.25) is 0 Å². The van der Waals surface area contributed by atoms with Crippen molar-refractivity contribution in [1.29, 1.82) is 0 Å². The van der Waals surface area contributed by atoms with Crippen LogP contribution in [0.3, 0.4) is 0 Å². The van der Waals surface area contributed by atoms with Crippen LogP contribution >= 0.6 is 0 Å². The van der Waals surface area contributed by atoms with E-state index in [1.165, 1.54) is 0 Å². The Morgan fingerprint density at radius 3 is 1.93 bits per heavy atom. The maximum atomic E-state index is 13.1. The van der Waals surface area contributed by atoms with Crippen molar-refractivity contribution in [2.75, 3.05) is 0 Å². The van der Waals surface area contributed by atoms with E-state index >= 15 is 0 Å². The summed E-state index contributed by atoms with van der Waals surface area (Å²) < 4.78 is 36.0. The molecule has 2 heterocycles. The molecule has 0 atom stereocenters. The summed E-state index contributed by atoms with van der Waals surface area (Å²) in [5.74, 6) is -3.27. The fourth-order valence-electron chi connectivity index (χ4n) is 4.77. The third kappa shape index (κ3) is 2.88. The van der Waals surface area contributed by atoms with E-state index in [4.69, 9.17) is 9.47 Å². The van der Waals surface area contributed by atoms with E-state index in [0.29, 0.717) is 25.7 Å². The van der Waals surface area contributed by atoms with Crippen LogP contribution in [0.15, 0.2) is 22.3 Å². The highest BCUT2D eigenvalue weighted by molar-refractivity contribution is 7.97. The summed E-state index contributed by atoms with van der Waals surface area (Å²) in [5, 5.41) is 10.3. The summed E-state index contributed by atoms with van der Waals surface area (Å²) in [5.41, 5.74) is -0.468. The van der Waals surface area contributed by atoms with Gasteiger partial charge in [0.25, 0.3) is 5.79 Å². The summed E-state index contributed by atoms with van der Waals surface area (Å²) in [7, 11) is -3.84. The number of rotatable bonds is 1. The molecule has 1 N–H and O–H groups in total. The SMILES string of the molecule is O=C1OC2(CCCCC2)OC(=O)C1=CC1=C(O)CC2(CCCCC2)S1(=O)=O. The van der Waals surface area contributed by atoms with Gasteiger partial charge in [0, 0.05) is 19.3 Å². The fourth-order valence-corrected chi connectivity index (χ4v) is 7.05. The quantitative estimate of drug-likeness (QED) is 0.412. The molecule has 0 unspecified atom stereocenters. The van der Waals surface area contributed by atoms with E-state index < -0.39 is 37.9 Å². The minimum absolute atomic E-state index is 0.0302. The van der Waals surface area contributed by atoms with Crippen LogP contribution in [0.25, 0.3) is 0 Å². The molecule has 0 aromatic rings. The number of sulfone groups is 1. The van der Waals surface area contributed by atoms with Crippen molar-refractivity contribution in [3.63, 3.8) is 0 Å². The monoisotopic (exact) mass is 396 g/mol. The number of hydrogen-bond acceptors (Lipinski definition) is 7. The molecule has 27 heavy (non-hydrogen) atoms. The van der Waals surface area contributed by atoms with Crippen LogP contribution < -0.4 is 0 Å². The molecule has 0 aromatic heterocycles. The summed E-state index contributed by atoms with van der Waals surface area (Å²) in [6.45, 7) is 0. The number of esters is 2. The predicted octanol–water partition coefficient (Wildman–Crippen LogP) is 2.96. The van der Waals surface area contributed by atoms with Crippen LogP contribution in [0.2, 0.25) is 0 Å².